The van der Waals surface area contributed by atoms with Crippen LogP contribution in [0.3, 0.4) is 0 Å². The first kappa shape index (κ1) is 13.6. The molecule has 2 rings (SSSR count). The third-order valence-electron chi connectivity index (χ3n) is 3.50. The highest BCUT2D eigenvalue weighted by atomic mass is 16.2. The fraction of sp³-hybridized carbons (Fsp3) is 0.467. The molecule has 1 amide bonds. The van der Waals surface area contributed by atoms with Crippen LogP contribution in [0.1, 0.15) is 22.3 Å². The Hall–Kier alpha value is -1.86. The Balaban J connectivity index is 1.89. The molecule has 100 valence electrons. The molecule has 1 aromatic carbocycles. The van der Waals surface area contributed by atoms with Crippen molar-refractivity contribution in [3.63, 3.8) is 0 Å². The van der Waals surface area contributed by atoms with Gasteiger partial charge in [-0.3, -0.25) is 9.69 Å². The molecule has 0 saturated carbocycles. The number of carbonyl (C=O) groups is 1. The maximum absolute atomic E-state index is 12.3. The largest absolute Gasteiger partial charge is 0.336 e. The van der Waals surface area contributed by atoms with Gasteiger partial charge in [-0.2, -0.15) is 5.26 Å². The lowest BCUT2D eigenvalue weighted by molar-refractivity contribution is 0.0639. The van der Waals surface area contributed by atoms with Crippen LogP contribution in [0.5, 0.6) is 0 Å². The Morgan fingerprint density at radius 1 is 1.21 bits per heavy atom. The summed E-state index contributed by atoms with van der Waals surface area (Å²) in [5, 5.41) is 8.57. The van der Waals surface area contributed by atoms with Gasteiger partial charge < -0.3 is 4.90 Å². The van der Waals surface area contributed by atoms with Crippen LogP contribution in [0.2, 0.25) is 0 Å². The van der Waals surface area contributed by atoms with Crippen molar-refractivity contribution in [1.29, 1.82) is 5.26 Å². The predicted octanol–water partition coefficient (Wildman–Crippen LogP) is 1.67. The smallest absolute Gasteiger partial charge is 0.253 e. The van der Waals surface area contributed by atoms with E-state index in [0.717, 1.165) is 43.9 Å². The lowest BCUT2D eigenvalue weighted by Crippen LogP contribution is -2.48. The van der Waals surface area contributed by atoms with E-state index in [1.807, 2.05) is 36.1 Å². The standard InChI is InChI=1S/C15H19N3O/c1-13-3-5-14(6-4-13)15(19)18-11-9-17(10-12-18)8-2-7-16/h3-6H,2,8-12H2,1H3. The van der Waals surface area contributed by atoms with E-state index in [-0.39, 0.29) is 5.91 Å². The van der Waals surface area contributed by atoms with E-state index < -0.39 is 0 Å². The molecule has 0 aliphatic carbocycles. The zero-order valence-electron chi connectivity index (χ0n) is 11.3. The molecular weight excluding hydrogens is 238 g/mol. The molecule has 1 fully saturated rings. The molecule has 0 aromatic heterocycles. The number of hydrogen-bond acceptors (Lipinski definition) is 3. The number of aryl methyl sites for hydroxylation is 1. The maximum atomic E-state index is 12.3. The van der Waals surface area contributed by atoms with Gasteiger partial charge in [0.2, 0.25) is 0 Å². The van der Waals surface area contributed by atoms with Gasteiger partial charge in [0.1, 0.15) is 0 Å². The number of hydrogen-bond donors (Lipinski definition) is 0. The monoisotopic (exact) mass is 257 g/mol. The van der Waals surface area contributed by atoms with Crippen LogP contribution in [-0.4, -0.2) is 48.4 Å². The van der Waals surface area contributed by atoms with E-state index >= 15 is 0 Å². The number of nitriles is 1. The Kier molecular flexibility index (Phi) is 4.53. The molecule has 0 N–H and O–H groups in total. The van der Waals surface area contributed by atoms with Crippen molar-refractivity contribution < 1.29 is 4.79 Å². The molecule has 1 aliphatic heterocycles. The molecule has 0 radical (unpaired) electrons. The zero-order valence-corrected chi connectivity index (χ0v) is 11.3. The first-order valence-electron chi connectivity index (χ1n) is 6.66. The Morgan fingerprint density at radius 2 is 1.84 bits per heavy atom. The summed E-state index contributed by atoms with van der Waals surface area (Å²) >= 11 is 0. The molecule has 19 heavy (non-hydrogen) atoms. The number of piperazine rings is 1. The molecule has 0 unspecified atom stereocenters. The number of carbonyl (C=O) groups excluding carboxylic acids is 1. The van der Waals surface area contributed by atoms with Crippen LogP contribution >= 0.6 is 0 Å². The van der Waals surface area contributed by atoms with Crippen LogP contribution < -0.4 is 0 Å². The predicted molar refractivity (Wildman–Crippen MR) is 73.8 cm³/mol. The summed E-state index contributed by atoms with van der Waals surface area (Å²) in [7, 11) is 0. The van der Waals surface area contributed by atoms with Crippen molar-refractivity contribution >= 4 is 5.91 Å². The number of amides is 1. The highest BCUT2D eigenvalue weighted by Crippen LogP contribution is 2.10. The number of nitrogens with zero attached hydrogens (tertiary/aromatic N) is 3. The fourth-order valence-electron chi connectivity index (χ4n) is 2.26. The van der Waals surface area contributed by atoms with Gasteiger partial charge in [-0.15, -0.1) is 0 Å². The van der Waals surface area contributed by atoms with Gasteiger partial charge in [-0.1, -0.05) is 17.7 Å². The van der Waals surface area contributed by atoms with Crippen LogP contribution in [0, 0.1) is 18.3 Å². The second-order valence-corrected chi connectivity index (χ2v) is 4.91. The van der Waals surface area contributed by atoms with Crippen LogP contribution in [0.25, 0.3) is 0 Å². The SMILES string of the molecule is Cc1ccc(C(=O)N2CCN(CCC#N)CC2)cc1. The third-order valence-corrected chi connectivity index (χ3v) is 3.50. The normalized spacial score (nSPS) is 16.1. The average molecular weight is 257 g/mol. The highest BCUT2D eigenvalue weighted by molar-refractivity contribution is 5.94. The molecule has 4 heteroatoms. The molecule has 0 atom stereocenters. The minimum atomic E-state index is 0.111. The Labute approximate surface area is 114 Å². The van der Waals surface area contributed by atoms with Gasteiger partial charge in [-0.05, 0) is 19.1 Å². The van der Waals surface area contributed by atoms with Crippen molar-refractivity contribution in [2.45, 2.75) is 13.3 Å². The van der Waals surface area contributed by atoms with Crippen LogP contribution in [0.15, 0.2) is 24.3 Å². The van der Waals surface area contributed by atoms with Crippen molar-refractivity contribution in [2.24, 2.45) is 0 Å². The summed E-state index contributed by atoms with van der Waals surface area (Å²) in [6.45, 7) is 6.04. The molecule has 1 aromatic rings. The molecule has 0 spiro atoms. The molecular formula is C15H19N3O. The van der Waals surface area contributed by atoms with E-state index in [1.54, 1.807) is 0 Å². The van der Waals surface area contributed by atoms with Gasteiger partial charge in [-0.25, -0.2) is 0 Å². The molecule has 1 heterocycles. The van der Waals surface area contributed by atoms with Crippen molar-refractivity contribution in [2.75, 3.05) is 32.7 Å². The lowest BCUT2D eigenvalue weighted by Gasteiger charge is -2.34. The Bertz CT molecular complexity index is 467. The summed E-state index contributed by atoms with van der Waals surface area (Å²) in [6, 6.07) is 9.87. The quantitative estimate of drug-likeness (QED) is 0.827. The summed E-state index contributed by atoms with van der Waals surface area (Å²) in [5.74, 6) is 0.111. The van der Waals surface area contributed by atoms with Gasteiger partial charge >= 0.3 is 0 Å². The number of benzene rings is 1. The van der Waals surface area contributed by atoms with Crippen LogP contribution in [0.4, 0.5) is 0 Å². The van der Waals surface area contributed by atoms with Gasteiger partial charge in [0.25, 0.3) is 5.91 Å². The van der Waals surface area contributed by atoms with Crippen LogP contribution in [-0.2, 0) is 0 Å². The van der Waals surface area contributed by atoms with E-state index in [4.69, 9.17) is 5.26 Å². The fourth-order valence-corrected chi connectivity index (χ4v) is 2.26. The van der Waals surface area contributed by atoms with E-state index in [0.29, 0.717) is 6.42 Å². The molecule has 1 saturated heterocycles. The first-order chi connectivity index (χ1) is 9.20. The van der Waals surface area contributed by atoms with E-state index in [2.05, 4.69) is 11.0 Å². The minimum absolute atomic E-state index is 0.111. The highest BCUT2D eigenvalue weighted by Gasteiger charge is 2.21. The maximum Gasteiger partial charge on any atom is 0.253 e. The zero-order chi connectivity index (χ0) is 13.7. The van der Waals surface area contributed by atoms with E-state index in [1.165, 1.54) is 0 Å². The van der Waals surface area contributed by atoms with Crippen molar-refractivity contribution in [1.82, 2.24) is 9.80 Å². The molecule has 1 aliphatic rings. The first-order valence-corrected chi connectivity index (χ1v) is 6.66. The summed E-state index contributed by atoms with van der Waals surface area (Å²) in [4.78, 5) is 16.4. The van der Waals surface area contributed by atoms with Gasteiger partial charge in [0.05, 0.1) is 6.07 Å². The molecule has 0 bridgehead atoms. The summed E-state index contributed by atoms with van der Waals surface area (Å²) in [6.07, 6.45) is 0.561. The molecule has 4 nitrogen and oxygen atoms in total. The topological polar surface area (TPSA) is 47.3 Å². The third kappa shape index (κ3) is 3.55. The summed E-state index contributed by atoms with van der Waals surface area (Å²) in [5.41, 5.74) is 1.92. The second kappa shape index (κ2) is 6.35. The van der Waals surface area contributed by atoms with E-state index in [9.17, 15) is 4.79 Å². The van der Waals surface area contributed by atoms with Crippen molar-refractivity contribution in [3.05, 3.63) is 35.4 Å². The van der Waals surface area contributed by atoms with Gasteiger partial charge in [0.15, 0.2) is 0 Å². The number of rotatable bonds is 3. The lowest BCUT2D eigenvalue weighted by atomic mass is 10.1. The van der Waals surface area contributed by atoms with Gasteiger partial charge in [0, 0.05) is 44.7 Å². The van der Waals surface area contributed by atoms with Crippen molar-refractivity contribution in [3.8, 4) is 6.07 Å². The minimum Gasteiger partial charge on any atom is -0.336 e. The summed E-state index contributed by atoms with van der Waals surface area (Å²) < 4.78 is 0. The second-order valence-electron chi connectivity index (χ2n) is 4.91. The average Bonchev–Trinajstić information content (AvgIpc) is 2.46. The Morgan fingerprint density at radius 3 is 2.42 bits per heavy atom.